The Hall–Kier alpha value is -0.610. The lowest BCUT2D eigenvalue weighted by atomic mass is 9.88. The van der Waals surface area contributed by atoms with E-state index in [0.717, 1.165) is 19.4 Å². The van der Waals surface area contributed by atoms with Crippen LogP contribution >= 0.6 is 0 Å². The van der Waals surface area contributed by atoms with Crippen LogP contribution in [0.1, 0.15) is 26.7 Å². The lowest BCUT2D eigenvalue weighted by Gasteiger charge is -2.23. The van der Waals surface area contributed by atoms with Crippen molar-refractivity contribution in [3.05, 3.63) is 0 Å². The second-order valence-electron chi connectivity index (χ2n) is 4.88. The van der Waals surface area contributed by atoms with E-state index in [-0.39, 0.29) is 11.3 Å². The minimum Gasteiger partial charge on any atom is -0.358 e. The summed E-state index contributed by atoms with van der Waals surface area (Å²) in [5.41, 5.74) is 5.86. The summed E-state index contributed by atoms with van der Waals surface area (Å²) in [5, 5.41) is 2.61. The van der Waals surface area contributed by atoms with Gasteiger partial charge in [0.15, 0.2) is 0 Å². The molecule has 0 aromatic rings. The molecular weight excluding hydrogens is 190 g/mol. The molecule has 0 heterocycles. The molecule has 0 fully saturated rings. The Kier molecular flexibility index (Phi) is 6.52. The number of carbonyl (C=O) groups excluding carboxylic acids is 1. The van der Waals surface area contributed by atoms with E-state index in [2.05, 4.69) is 19.2 Å². The first-order valence-corrected chi connectivity index (χ1v) is 5.50. The van der Waals surface area contributed by atoms with Crippen molar-refractivity contribution in [1.82, 2.24) is 10.2 Å². The third-order valence-corrected chi connectivity index (χ3v) is 2.64. The SMILES string of the molecule is CNC(=O)CN(C)CCCC(C)(C)CN. The van der Waals surface area contributed by atoms with Gasteiger partial charge in [-0.2, -0.15) is 0 Å². The zero-order chi connectivity index (χ0) is 11.9. The summed E-state index contributed by atoms with van der Waals surface area (Å²) < 4.78 is 0. The van der Waals surface area contributed by atoms with E-state index in [4.69, 9.17) is 5.73 Å². The maximum atomic E-state index is 11.1. The number of rotatable bonds is 7. The van der Waals surface area contributed by atoms with Gasteiger partial charge < -0.3 is 11.1 Å². The van der Waals surface area contributed by atoms with Crippen molar-refractivity contribution >= 4 is 5.91 Å². The number of nitrogens with zero attached hydrogens (tertiary/aromatic N) is 1. The molecule has 0 spiro atoms. The molecule has 0 saturated heterocycles. The highest BCUT2D eigenvalue weighted by molar-refractivity contribution is 5.77. The molecule has 0 bridgehead atoms. The maximum Gasteiger partial charge on any atom is 0.233 e. The molecule has 0 aliphatic carbocycles. The Labute approximate surface area is 93.2 Å². The van der Waals surface area contributed by atoms with Crippen LogP contribution in [0.4, 0.5) is 0 Å². The topological polar surface area (TPSA) is 58.4 Å². The molecule has 0 radical (unpaired) electrons. The van der Waals surface area contributed by atoms with Gasteiger partial charge in [0.25, 0.3) is 0 Å². The van der Waals surface area contributed by atoms with Crippen molar-refractivity contribution in [2.75, 3.05) is 33.7 Å². The van der Waals surface area contributed by atoms with E-state index in [9.17, 15) is 4.79 Å². The summed E-state index contributed by atoms with van der Waals surface area (Å²) in [5.74, 6) is 0.0654. The molecule has 0 aliphatic heterocycles. The van der Waals surface area contributed by atoms with Gasteiger partial charge in [-0.05, 0) is 38.4 Å². The van der Waals surface area contributed by atoms with Crippen LogP contribution in [0.3, 0.4) is 0 Å². The van der Waals surface area contributed by atoms with Crippen LogP contribution in [0.25, 0.3) is 0 Å². The van der Waals surface area contributed by atoms with Crippen molar-refractivity contribution in [3.63, 3.8) is 0 Å². The van der Waals surface area contributed by atoms with Crippen molar-refractivity contribution in [1.29, 1.82) is 0 Å². The van der Waals surface area contributed by atoms with Crippen LogP contribution in [0.5, 0.6) is 0 Å². The molecule has 15 heavy (non-hydrogen) atoms. The van der Waals surface area contributed by atoms with E-state index in [0.29, 0.717) is 13.1 Å². The number of likely N-dealkylation sites (N-methyl/N-ethyl adjacent to an activating group) is 2. The van der Waals surface area contributed by atoms with Gasteiger partial charge in [-0.1, -0.05) is 13.8 Å². The third-order valence-electron chi connectivity index (χ3n) is 2.64. The highest BCUT2D eigenvalue weighted by Crippen LogP contribution is 2.19. The molecule has 0 aromatic carbocycles. The Balaban J connectivity index is 3.63. The van der Waals surface area contributed by atoms with Crippen LogP contribution in [0.2, 0.25) is 0 Å². The predicted octanol–water partition coefficient (Wildman–Crippen LogP) is 0.429. The van der Waals surface area contributed by atoms with E-state index in [1.165, 1.54) is 0 Å². The largest absolute Gasteiger partial charge is 0.358 e. The Morgan fingerprint density at radius 1 is 1.47 bits per heavy atom. The van der Waals surface area contributed by atoms with Crippen LogP contribution in [0, 0.1) is 5.41 Å². The predicted molar refractivity (Wildman–Crippen MR) is 63.6 cm³/mol. The zero-order valence-corrected chi connectivity index (χ0v) is 10.5. The van der Waals surface area contributed by atoms with Gasteiger partial charge in [0, 0.05) is 7.05 Å². The van der Waals surface area contributed by atoms with Gasteiger partial charge in [0.1, 0.15) is 0 Å². The lowest BCUT2D eigenvalue weighted by molar-refractivity contribution is -0.121. The summed E-state index contributed by atoms with van der Waals surface area (Å²) in [7, 11) is 3.62. The number of carbonyl (C=O) groups is 1. The number of nitrogens with one attached hydrogen (secondary N) is 1. The summed E-state index contributed by atoms with van der Waals surface area (Å²) in [6, 6.07) is 0. The molecule has 0 aromatic heterocycles. The normalized spacial score (nSPS) is 11.9. The molecule has 1 amide bonds. The Morgan fingerprint density at radius 3 is 2.53 bits per heavy atom. The number of hydrogen-bond acceptors (Lipinski definition) is 3. The van der Waals surface area contributed by atoms with Crippen molar-refractivity contribution in [2.24, 2.45) is 11.1 Å². The average Bonchev–Trinajstić information content (AvgIpc) is 2.17. The van der Waals surface area contributed by atoms with Crippen LogP contribution in [0.15, 0.2) is 0 Å². The fourth-order valence-corrected chi connectivity index (χ4v) is 1.33. The van der Waals surface area contributed by atoms with Gasteiger partial charge in [-0.3, -0.25) is 9.69 Å². The first-order chi connectivity index (χ1) is 6.91. The minimum atomic E-state index is 0.0654. The highest BCUT2D eigenvalue weighted by atomic mass is 16.1. The number of amides is 1. The zero-order valence-electron chi connectivity index (χ0n) is 10.5. The van der Waals surface area contributed by atoms with Gasteiger partial charge in [0.05, 0.1) is 6.54 Å². The summed E-state index contributed by atoms with van der Waals surface area (Å²) in [6.07, 6.45) is 2.18. The fraction of sp³-hybridized carbons (Fsp3) is 0.909. The van der Waals surface area contributed by atoms with Gasteiger partial charge in [0.2, 0.25) is 5.91 Å². The highest BCUT2D eigenvalue weighted by Gasteiger charge is 2.15. The van der Waals surface area contributed by atoms with E-state index in [1.54, 1.807) is 7.05 Å². The summed E-state index contributed by atoms with van der Waals surface area (Å²) in [4.78, 5) is 13.1. The second-order valence-corrected chi connectivity index (χ2v) is 4.88. The quantitative estimate of drug-likeness (QED) is 0.647. The average molecular weight is 215 g/mol. The van der Waals surface area contributed by atoms with Gasteiger partial charge in [-0.25, -0.2) is 0 Å². The lowest BCUT2D eigenvalue weighted by Crippen LogP contribution is -2.34. The Bertz CT molecular complexity index is 192. The molecule has 4 nitrogen and oxygen atoms in total. The molecule has 90 valence electrons. The van der Waals surface area contributed by atoms with Crippen LogP contribution < -0.4 is 11.1 Å². The van der Waals surface area contributed by atoms with Crippen LogP contribution in [-0.2, 0) is 4.79 Å². The summed E-state index contributed by atoms with van der Waals surface area (Å²) in [6.45, 7) is 6.47. The molecule has 0 atom stereocenters. The van der Waals surface area contributed by atoms with Crippen molar-refractivity contribution in [2.45, 2.75) is 26.7 Å². The molecule has 0 saturated carbocycles. The molecule has 3 N–H and O–H groups in total. The summed E-state index contributed by atoms with van der Waals surface area (Å²) >= 11 is 0. The second kappa shape index (κ2) is 6.80. The van der Waals surface area contributed by atoms with Gasteiger partial charge >= 0.3 is 0 Å². The van der Waals surface area contributed by atoms with E-state index < -0.39 is 0 Å². The van der Waals surface area contributed by atoms with Crippen molar-refractivity contribution in [3.8, 4) is 0 Å². The fourth-order valence-electron chi connectivity index (χ4n) is 1.33. The van der Waals surface area contributed by atoms with Crippen molar-refractivity contribution < 1.29 is 4.79 Å². The smallest absolute Gasteiger partial charge is 0.233 e. The standard InChI is InChI=1S/C11H25N3O/c1-11(2,9-12)6-5-7-14(4)8-10(15)13-3/h5-9,12H2,1-4H3,(H,13,15). The minimum absolute atomic E-state index is 0.0654. The molecule has 0 rings (SSSR count). The molecular formula is C11H25N3O. The van der Waals surface area contributed by atoms with Crippen LogP contribution in [-0.4, -0.2) is 44.5 Å². The number of nitrogens with two attached hydrogens (primary N) is 1. The number of hydrogen-bond donors (Lipinski definition) is 2. The first-order valence-electron chi connectivity index (χ1n) is 5.50. The maximum absolute atomic E-state index is 11.1. The van der Waals surface area contributed by atoms with E-state index in [1.807, 2.05) is 11.9 Å². The first kappa shape index (κ1) is 14.4. The molecule has 0 aliphatic rings. The molecule has 4 heteroatoms. The van der Waals surface area contributed by atoms with E-state index >= 15 is 0 Å². The third kappa shape index (κ3) is 7.33. The molecule has 0 unspecified atom stereocenters. The Morgan fingerprint density at radius 2 is 2.07 bits per heavy atom. The van der Waals surface area contributed by atoms with Gasteiger partial charge in [-0.15, -0.1) is 0 Å². The monoisotopic (exact) mass is 215 g/mol.